The monoisotopic (exact) mass is 406 g/mol. The van der Waals surface area contributed by atoms with Gasteiger partial charge in [0.15, 0.2) is 0 Å². The van der Waals surface area contributed by atoms with Gasteiger partial charge in [-0.3, -0.25) is 9.78 Å². The van der Waals surface area contributed by atoms with Crippen molar-refractivity contribution in [3.63, 3.8) is 0 Å². The molecule has 3 rings (SSSR count). The lowest BCUT2D eigenvalue weighted by atomic mass is 10.2. The predicted molar refractivity (Wildman–Crippen MR) is 100 cm³/mol. The number of amides is 1. The summed E-state index contributed by atoms with van der Waals surface area (Å²) in [4.78, 5) is 19.8. The molecule has 0 atom stereocenters. The fourth-order valence-corrected chi connectivity index (χ4v) is 2.61. The second kappa shape index (κ2) is 8.26. The third-order valence-corrected chi connectivity index (χ3v) is 4.04. The maximum Gasteiger partial charge on any atom is 0.417 e. The van der Waals surface area contributed by atoms with Crippen LogP contribution in [0.25, 0.3) is 0 Å². The molecule has 144 valence electrons. The van der Waals surface area contributed by atoms with E-state index in [1.165, 1.54) is 12.4 Å². The average Bonchev–Trinajstić information content (AvgIpc) is 2.67. The van der Waals surface area contributed by atoms with Crippen molar-refractivity contribution in [1.82, 2.24) is 9.97 Å². The zero-order valence-electron chi connectivity index (χ0n) is 14.3. The Morgan fingerprint density at radius 3 is 2.54 bits per heavy atom. The molecule has 0 spiro atoms. The molecule has 1 aromatic carbocycles. The van der Waals surface area contributed by atoms with Crippen LogP contribution < -0.4 is 10.6 Å². The first-order chi connectivity index (χ1) is 13.3. The molecule has 2 aromatic heterocycles. The summed E-state index contributed by atoms with van der Waals surface area (Å²) in [7, 11) is 0. The summed E-state index contributed by atoms with van der Waals surface area (Å²) in [6.07, 6.45) is -0.734. The minimum atomic E-state index is -4.50. The largest absolute Gasteiger partial charge is 0.417 e. The molecule has 2 N–H and O–H groups in total. The highest BCUT2D eigenvalue weighted by molar-refractivity contribution is 6.32. The molecule has 0 saturated carbocycles. The number of anilines is 2. The van der Waals surface area contributed by atoms with Gasteiger partial charge in [0, 0.05) is 36.4 Å². The summed E-state index contributed by atoms with van der Waals surface area (Å²) in [5.41, 5.74) is 0.918. The first-order valence-electron chi connectivity index (χ1n) is 8.10. The molecular formula is C19H14ClF3N4O. The molecule has 0 radical (unpaired) electrons. The Morgan fingerprint density at radius 2 is 1.86 bits per heavy atom. The molecule has 2 heterocycles. The van der Waals surface area contributed by atoms with Crippen molar-refractivity contribution in [2.45, 2.75) is 12.7 Å². The van der Waals surface area contributed by atoms with Crippen LogP contribution in [0.15, 0.2) is 61.1 Å². The van der Waals surface area contributed by atoms with E-state index >= 15 is 0 Å². The van der Waals surface area contributed by atoms with Crippen LogP contribution in [0.5, 0.6) is 0 Å². The van der Waals surface area contributed by atoms with Gasteiger partial charge in [0.1, 0.15) is 5.82 Å². The van der Waals surface area contributed by atoms with Gasteiger partial charge >= 0.3 is 6.18 Å². The third-order valence-electron chi connectivity index (χ3n) is 3.76. The number of rotatable bonds is 5. The highest BCUT2D eigenvalue weighted by Crippen LogP contribution is 2.32. The summed E-state index contributed by atoms with van der Waals surface area (Å²) in [5, 5.41) is 5.53. The highest BCUT2D eigenvalue weighted by Gasteiger charge is 2.31. The van der Waals surface area contributed by atoms with Crippen molar-refractivity contribution < 1.29 is 18.0 Å². The number of aromatic nitrogens is 2. The SMILES string of the molecule is O=C(Nc1cccc(CNc2ncc(C(F)(F)F)cc2Cl)c1)c1ccncc1. The van der Waals surface area contributed by atoms with Gasteiger partial charge in [0.2, 0.25) is 0 Å². The number of pyridine rings is 2. The van der Waals surface area contributed by atoms with Gasteiger partial charge in [0.05, 0.1) is 10.6 Å². The van der Waals surface area contributed by atoms with Crippen molar-refractivity contribution >= 4 is 29.0 Å². The fraction of sp³-hybridized carbons (Fsp3) is 0.105. The van der Waals surface area contributed by atoms with Crippen LogP contribution in [0.3, 0.4) is 0 Å². The van der Waals surface area contributed by atoms with Gasteiger partial charge in [-0.05, 0) is 35.9 Å². The number of nitrogens with one attached hydrogen (secondary N) is 2. The molecule has 9 heteroatoms. The lowest BCUT2D eigenvalue weighted by molar-refractivity contribution is -0.137. The number of nitrogens with zero attached hydrogens (tertiary/aromatic N) is 2. The van der Waals surface area contributed by atoms with E-state index in [0.717, 1.165) is 17.8 Å². The van der Waals surface area contributed by atoms with Crippen molar-refractivity contribution in [3.8, 4) is 0 Å². The summed E-state index contributed by atoms with van der Waals surface area (Å²) in [6, 6.07) is 11.0. The van der Waals surface area contributed by atoms with Crippen molar-refractivity contribution in [2.75, 3.05) is 10.6 Å². The minimum Gasteiger partial charge on any atom is -0.365 e. The van der Waals surface area contributed by atoms with E-state index in [2.05, 4.69) is 20.6 Å². The van der Waals surface area contributed by atoms with Crippen LogP contribution in [0.1, 0.15) is 21.5 Å². The Kier molecular flexibility index (Phi) is 5.79. The maximum absolute atomic E-state index is 12.7. The summed E-state index contributed by atoms with van der Waals surface area (Å²) in [5.74, 6) is -0.138. The molecule has 5 nitrogen and oxygen atoms in total. The van der Waals surface area contributed by atoms with Gasteiger partial charge in [-0.25, -0.2) is 4.98 Å². The Bertz CT molecular complexity index is 980. The lowest BCUT2D eigenvalue weighted by Crippen LogP contribution is -2.12. The maximum atomic E-state index is 12.7. The third kappa shape index (κ3) is 4.98. The van der Waals surface area contributed by atoms with E-state index in [-0.39, 0.29) is 23.3 Å². The van der Waals surface area contributed by atoms with Crippen molar-refractivity contribution in [1.29, 1.82) is 0 Å². The van der Waals surface area contributed by atoms with E-state index < -0.39 is 11.7 Å². The van der Waals surface area contributed by atoms with Crippen molar-refractivity contribution in [3.05, 3.63) is 82.8 Å². The molecule has 0 unspecified atom stereocenters. The van der Waals surface area contributed by atoms with Gasteiger partial charge in [-0.1, -0.05) is 23.7 Å². The Labute approximate surface area is 163 Å². The van der Waals surface area contributed by atoms with Gasteiger partial charge in [0.25, 0.3) is 5.91 Å². The van der Waals surface area contributed by atoms with Gasteiger partial charge in [-0.2, -0.15) is 13.2 Å². The minimum absolute atomic E-state index is 0.128. The summed E-state index contributed by atoms with van der Waals surface area (Å²) in [6.45, 7) is 0.261. The number of alkyl halides is 3. The lowest BCUT2D eigenvalue weighted by Gasteiger charge is -2.12. The quantitative estimate of drug-likeness (QED) is 0.624. The molecule has 3 aromatic rings. The second-order valence-corrected chi connectivity index (χ2v) is 6.20. The molecule has 0 fully saturated rings. The first kappa shape index (κ1) is 19.6. The first-order valence-corrected chi connectivity index (χ1v) is 8.47. The number of hydrogen-bond acceptors (Lipinski definition) is 4. The Hall–Kier alpha value is -3.13. The zero-order chi connectivity index (χ0) is 20.1. The van der Waals surface area contributed by atoms with E-state index in [1.807, 2.05) is 0 Å². The summed E-state index contributed by atoms with van der Waals surface area (Å²) >= 11 is 5.88. The van der Waals surface area contributed by atoms with Gasteiger partial charge < -0.3 is 10.6 Å². The van der Waals surface area contributed by atoms with Crippen LogP contribution in [-0.2, 0) is 12.7 Å². The number of halogens is 4. The number of hydrogen-bond donors (Lipinski definition) is 2. The molecule has 0 aliphatic rings. The van der Waals surface area contributed by atoms with Crippen LogP contribution >= 0.6 is 11.6 Å². The normalized spacial score (nSPS) is 11.1. The van der Waals surface area contributed by atoms with Gasteiger partial charge in [-0.15, -0.1) is 0 Å². The smallest absolute Gasteiger partial charge is 0.365 e. The van der Waals surface area contributed by atoms with E-state index in [4.69, 9.17) is 11.6 Å². The second-order valence-electron chi connectivity index (χ2n) is 5.80. The molecule has 0 aliphatic carbocycles. The molecule has 0 saturated heterocycles. The molecular weight excluding hydrogens is 393 g/mol. The van der Waals surface area contributed by atoms with E-state index in [1.54, 1.807) is 36.4 Å². The van der Waals surface area contributed by atoms with Crippen LogP contribution in [-0.4, -0.2) is 15.9 Å². The predicted octanol–water partition coefficient (Wildman–Crippen LogP) is 5.01. The van der Waals surface area contributed by atoms with Crippen LogP contribution in [0, 0.1) is 0 Å². The van der Waals surface area contributed by atoms with E-state index in [0.29, 0.717) is 11.3 Å². The molecule has 1 amide bonds. The number of benzene rings is 1. The summed E-state index contributed by atoms with van der Waals surface area (Å²) < 4.78 is 38.0. The molecule has 0 aliphatic heterocycles. The standard InChI is InChI=1S/C19H14ClF3N4O/c20-16-9-14(19(21,22)23)11-26-17(16)25-10-12-2-1-3-15(8-12)27-18(28)13-4-6-24-7-5-13/h1-9,11H,10H2,(H,25,26)(H,27,28). The van der Waals surface area contributed by atoms with Crippen LogP contribution in [0.4, 0.5) is 24.7 Å². The van der Waals surface area contributed by atoms with Crippen molar-refractivity contribution in [2.24, 2.45) is 0 Å². The topological polar surface area (TPSA) is 66.9 Å². The molecule has 28 heavy (non-hydrogen) atoms. The molecule has 0 bridgehead atoms. The Morgan fingerprint density at radius 1 is 1.11 bits per heavy atom. The highest BCUT2D eigenvalue weighted by atomic mass is 35.5. The number of carbonyl (C=O) groups is 1. The van der Waals surface area contributed by atoms with Crippen LogP contribution in [0.2, 0.25) is 5.02 Å². The Balaban J connectivity index is 1.66. The zero-order valence-corrected chi connectivity index (χ0v) is 15.1. The van der Waals surface area contributed by atoms with E-state index in [9.17, 15) is 18.0 Å². The average molecular weight is 407 g/mol. The fourth-order valence-electron chi connectivity index (χ4n) is 2.37. The number of carbonyl (C=O) groups excluding carboxylic acids is 1.